The Morgan fingerprint density at radius 1 is 0.963 bits per heavy atom. The molecule has 0 aromatic heterocycles. The van der Waals surface area contributed by atoms with Crippen molar-refractivity contribution in [2.24, 2.45) is 11.8 Å². The van der Waals surface area contributed by atoms with Gasteiger partial charge in [-0.1, -0.05) is 32.0 Å². The second kappa shape index (κ2) is 8.74. The van der Waals surface area contributed by atoms with E-state index in [0.717, 1.165) is 26.2 Å². The highest BCUT2D eigenvalue weighted by Crippen LogP contribution is 2.21. The number of hydrogen-bond donors (Lipinski definition) is 1. The lowest BCUT2D eigenvalue weighted by Gasteiger charge is -2.38. The number of amides is 2. The first-order chi connectivity index (χ1) is 12.9. The number of likely N-dealkylation sites (tertiary alicyclic amines) is 1. The summed E-state index contributed by atoms with van der Waals surface area (Å²) in [5.74, 6) is 1.55. The minimum Gasteiger partial charge on any atom is -0.508 e. The Kier molecular flexibility index (Phi) is 6.37. The van der Waals surface area contributed by atoms with Gasteiger partial charge in [-0.15, -0.1) is 0 Å². The maximum Gasteiger partial charge on any atom is 0.236 e. The number of carbonyl (C=O) groups is 2. The van der Waals surface area contributed by atoms with Crippen LogP contribution in [0.25, 0.3) is 0 Å². The Bertz CT molecular complexity index is 660. The lowest BCUT2D eigenvalue weighted by Crippen LogP contribution is -2.53. The first-order valence-electron chi connectivity index (χ1n) is 9.97. The summed E-state index contributed by atoms with van der Waals surface area (Å²) < 4.78 is 0. The van der Waals surface area contributed by atoms with Crippen molar-refractivity contribution in [3.05, 3.63) is 29.8 Å². The molecule has 6 nitrogen and oxygen atoms in total. The summed E-state index contributed by atoms with van der Waals surface area (Å²) in [4.78, 5) is 31.1. The number of hydrogen-bond acceptors (Lipinski definition) is 4. The van der Waals surface area contributed by atoms with Gasteiger partial charge < -0.3 is 14.9 Å². The molecule has 2 saturated heterocycles. The first kappa shape index (κ1) is 19.7. The quantitative estimate of drug-likeness (QED) is 0.870. The minimum absolute atomic E-state index is 0.0288. The van der Waals surface area contributed by atoms with E-state index in [0.29, 0.717) is 37.0 Å². The van der Waals surface area contributed by atoms with Gasteiger partial charge in [-0.3, -0.25) is 14.5 Å². The van der Waals surface area contributed by atoms with Crippen molar-refractivity contribution in [1.29, 1.82) is 0 Å². The summed E-state index contributed by atoms with van der Waals surface area (Å²) in [5, 5.41) is 9.84. The average molecular weight is 373 g/mol. The fourth-order valence-corrected chi connectivity index (χ4v) is 4.25. The summed E-state index contributed by atoms with van der Waals surface area (Å²) >= 11 is 0. The van der Waals surface area contributed by atoms with Gasteiger partial charge in [0.05, 0.1) is 13.0 Å². The molecule has 0 radical (unpaired) electrons. The first-order valence-corrected chi connectivity index (χ1v) is 9.97. The van der Waals surface area contributed by atoms with Crippen LogP contribution in [0.15, 0.2) is 24.3 Å². The highest BCUT2D eigenvalue weighted by Gasteiger charge is 2.28. The number of rotatable bonds is 4. The fourth-order valence-electron chi connectivity index (χ4n) is 4.25. The lowest BCUT2D eigenvalue weighted by molar-refractivity contribution is -0.136. The molecule has 2 aliphatic rings. The molecule has 2 aliphatic heterocycles. The highest BCUT2D eigenvalue weighted by atomic mass is 16.3. The summed E-state index contributed by atoms with van der Waals surface area (Å²) in [6, 6.07) is 6.97. The maximum atomic E-state index is 12.6. The molecular weight excluding hydrogens is 342 g/mol. The number of piperazine rings is 1. The molecule has 0 bridgehead atoms. The number of benzene rings is 1. The van der Waals surface area contributed by atoms with Crippen molar-refractivity contribution in [3.63, 3.8) is 0 Å². The normalized spacial score (nSPS) is 24.1. The number of carbonyl (C=O) groups excluding carboxylic acids is 2. The van der Waals surface area contributed by atoms with E-state index in [-0.39, 0.29) is 24.0 Å². The maximum absolute atomic E-state index is 12.6. The molecular formula is C21H31N3O3. The molecule has 2 amide bonds. The van der Waals surface area contributed by atoms with Gasteiger partial charge in [-0.05, 0) is 24.3 Å². The third-order valence-electron chi connectivity index (χ3n) is 5.64. The molecule has 1 N–H and O–H groups in total. The molecule has 6 heteroatoms. The standard InChI is InChI=1S/C21H31N3O3/c1-16-11-17(2)14-24(13-16)21(27)15-22-7-9-23(10-8-22)20(26)12-18-5-3-4-6-19(18)25/h3-6,16-17,25H,7-15H2,1-2H3/t16-,17+. The summed E-state index contributed by atoms with van der Waals surface area (Å²) in [5.41, 5.74) is 0.661. The number of para-hydroxylation sites is 1. The number of phenolic OH excluding ortho intramolecular Hbond substituents is 1. The molecule has 1 aromatic rings. The zero-order valence-corrected chi connectivity index (χ0v) is 16.4. The van der Waals surface area contributed by atoms with E-state index in [4.69, 9.17) is 0 Å². The van der Waals surface area contributed by atoms with Gasteiger partial charge >= 0.3 is 0 Å². The Morgan fingerprint density at radius 2 is 1.59 bits per heavy atom. The highest BCUT2D eigenvalue weighted by molar-refractivity contribution is 5.80. The molecule has 2 heterocycles. The monoisotopic (exact) mass is 373 g/mol. The fraction of sp³-hybridized carbons (Fsp3) is 0.619. The summed E-state index contributed by atoms with van der Waals surface area (Å²) in [7, 11) is 0. The van der Waals surface area contributed by atoms with E-state index >= 15 is 0 Å². The molecule has 0 saturated carbocycles. The molecule has 0 spiro atoms. The minimum atomic E-state index is 0.0288. The van der Waals surface area contributed by atoms with Crippen LogP contribution in [0.4, 0.5) is 0 Å². The van der Waals surface area contributed by atoms with Gasteiger partial charge in [0.2, 0.25) is 11.8 Å². The number of phenols is 1. The van der Waals surface area contributed by atoms with Crippen LogP contribution in [0, 0.1) is 11.8 Å². The van der Waals surface area contributed by atoms with Gasteiger partial charge in [0, 0.05) is 44.8 Å². The molecule has 3 rings (SSSR count). The van der Waals surface area contributed by atoms with Crippen LogP contribution in [-0.2, 0) is 16.0 Å². The second-order valence-corrected chi connectivity index (χ2v) is 8.21. The van der Waals surface area contributed by atoms with Crippen LogP contribution in [0.2, 0.25) is 0 Å². The lowest BCUT2D eigenvalue weighted by atomic mass is 9.92. The Balaban J connectivity index is 1.45. The number of nitrogens with zero attached hydrogens (tertiary/aromatic N) is 3. The van der Waals surface area contributed by atoms with Crippen molar-refractivity contribution >= 4 is 11.8 Å². The van der Waals surface area contributed by atoms with Crippen molar-refractivity contribution in [1.82, 2.24) is 14.7 Å². The van der Waals surface area contributed by atoms with Crippen LogP contribution >= 0.6 is 0 Å². The van der Waals surface area contributed by atoms with E-state index in [1.165, 1.54) is 6.42 Å². The van der Waals surface area contributed by atoms with Gasteiger partial charge in [-0.2, -0.15) is 0 Å². The van der Waals surface area contributed by atoms with E-state index in [9.17, 15) is 14.7 Å². The van der Waals surface area contributed by atoms with Crippen molar-refractivity contribution < 1.29 is 14.7 Å². The number of aromatic hydroxyl groups is 1. The van der Waals surface area contributed by atoms with E-state index in [2.05, 4.69) is 18.7 Å². The Hall–Kier alpha value is -2.08. The molecule has 1 aromatic carbocycles. The predicted octanol–water partition coefficient (Wildman–Crippen LogP) is 1.58. The molecule has 27 heavy (non-hydrogen) atoms. The zero-order valence-electron chi connectivity index (χ0n) is 16.4. The summed E-state index contributed by atoms with van der Waals surface area (Å²) in [6.45, 7) is 9.30. The third kappa shape index (κ3) is 5.22. The van der Waals surface area contributed by atoms with Crippen molar-refractivity contribution in [2.45, 2.75) is 26.7 Å². The van der Waals surface area contributed by atoms with Crippen LogP contribution in [0.5, 0.6) is 5.75 Å². The molecule has 0 unspecified atom stereocenters. The average Bonchev–Trinajstić information content (AvgIpc) is 2.63. The third-order valence-corrected chi connectivity index (χ3v) is 5.64. The molecule has 0 aliphatic carbocycles. The molecule has 148 valence electrons. The number of piperidine rings is 1. The van der Waals surface area contributed by atoms with Crippen molar-refractivity contribution in [3.8, 4) is 5.75 Å². The van der Waals surface area contributed by atoms with Gasteiger partial charge in [-0.25, -0.2) is 0 Å². The van der Waals surface area contributed by atoms with Gasteiger partial charge in [0.25, 0.3) is 0 Å². The molecule has 2 atom stereocenters. The van der Waals surface area contributed by atoms with Crippen molar-refractivity contribution in [2.75, 3.05) is 45.8 Å². The van der Waals surface area contributed by atoms with Crippen LogP contribution < -0.4 is 0 Å². The van der Waals surface area contributed by atoms with Crippen LogP contribution in [0.1, 0.15) is 25.8 Å². The smallest absolute Gasteiger partial charge is 0.236 e. The van der Waals surface area contributed by atoms with Gasteiger partial charge in [0.1, 0.15) is 5.75 Å². The van der Waals surface area contributed by atoms with Crippen LogP contribution in [-0.4, -0.2) is 77.4 Å². The molecule has 2 fully saturated rings. The van der Waals surface area contributed by atoms with E-state index in [1.54, 1.807) is 18.2 Å². The van der Waals surface area contributed by atoms with Crippen LogP contribution in [0.3, 0.4) is 0 Å². The summed E-state index contributed by atoms with van der Waals surface area (Å²) in [6.07, 6.45) is 1.41. The Labute approximate surface area is 161 Å². The topological polar surface area (TPSA) is 64.1 Å². The zero-order chi connectivity index (χ0) is 19.4. The largest absolute Gasteiger partial charge is 0.508 e. The SMILES string of the molecule is C[C@@H]1C[C@H](C)CN(C(=O)CN2CCN(C(=O)Cc3ccccc3O)CC2)C1. The van der Waals surface area contributed by atoms with Gasteiger partial charge in [0.15, 0.2) is 0 Å². The van der Waals surface area contributed by atoms with E-state index < -0.39 is 0 Å². The second-order valence-electron chi connectivity index (χ2n) is 8.21. The predicted molar refractivity (Wildman–Crippen MR) is 104 cm³/mol. The Morgan fingerprint density at radius 3 is 2.22 bits per heavy atom. The van der Waals surface area contributed by atoms with E-state index in [1.807, 2.05) is 15.9 Å².